The van der Waals surface area contributed by atoms with E-state index in [2.05, 4.69) is 26.5 Å². The molecule has 26 heavy (non-hydrogen) atoms. The van der Waals surface area contributed by atoms with E-state index in [0.29, 0.717) is 24.6 Å². The molecule has 7 nitrogen and oxygen atoms in total. The van der Waals surface area contributed by atoms with Crippen molar-refractivity contribution in [1.82, 2.24) is 15.1 Å². The fourth-order valence-corrected chi connectivity index (χ4v) is 2.98. The lowest BCUT2D eigenvalue weighted by Gasteiger charge is -2.30. The first-order chi connectivity index (χ1) is 12.7. The first kappa shape index (κ1) is 18.1. The molecule has 1 aliphatic heterocycles. The molecule has 7 heteroatoms. The topological polar surface area (TPSA) is 70.6 Å². The highest BCUT2D eigenvalue weighted by Crippen LogP contribution is 2.28. The zero-order valence-corrected chi connectivity index (χ0v) is 15.3. The van der Waals surface area contributed by atoms with E-state index in [1.54, 1.807) is 17.0 Å². The molecule has 1 fully saturated rings. The Morgan fingerprint density at radius 3 is 2.50 bits per heavy atom. The van der Waals surface area contributed by atoms with Crippen LogP contribution in [0.5, 0.6) is 0 Å². The Bertz CT molecular complexity index is 725. The van der Waals surface area contributed by atoms with Crippen molar-refractivity contribution in [3.63, 3.8) is 0 Å². The van der Waals surface area contributed by atoms with Crippen LogP contribution in [0.1, 0.15) is 24.3 Å². The summed E-state index contributed by atoms with van der Waals surface area (Å²) in [5.74, 6) is 0.518. The second-order valence-corrected chi connectivity index (χ2v) is 6.02. The number of ether oxygens (including phenoxy) is 1. The van der Waals surface area contributed by atoms with E-state index in [9.17, 15) is 4.79 Å². The summed E-state index contributed by atoms with van der Waals surface area (Å²) in [7, 11) is 0. The molecule has 2 aromatic rings. The number of para-hydroxylation sites is 2. The van der Waals surface area contributed by atoms with Crippen LogP contribution in [0.2, 0.25) is 0 Å². The van der Waals surface area contributed by atoms with Gasteiger partial charge in [0.2, 0.25) is 0 Å². The number of nitrogens with zero attached hydrogens (tertiary/aromatic N) is 4. The molecule has 0 radical (unpaired) electrons. The van der Waals surface area contributed by atoms with Gasteiger partial charge in [0.1, 0.15) is 0 Å². The van der Waals surface area contributed by atoms with Gasteiger partial charge in [-0.1, -0.05) is 12.1 Å². The summed E-state index contributed by atoms with van der Waals surface area (Å²) in [6.45, 7) is 8.41. The second kappa shape index (κ2) is 8.62. The first-order valence-corrected chi connectivity index (χ1v) is 9.04. The van der Waals surface area contributed by atoms with E-state index in [-0.39, 0.29) is 5.91 Å². The van der Waals surface area contributed by atoms with Crippen LogP contribution in [0.4, 0.5) is 17.2 Å². The van der Waals surface area contributed by atoms with Gasteiger partial charge in [-0.2, -0.15) is 0 Å². The largest absolute Gasteiger partial charge is 0.378 e. The molecule has 0 spiro atoms. The summed E-state index contributed by atoms with van der Waals surface area (Å²) < 4.78 is 5.43. The second-order valence-electron chi connectivity index (χ2n) is 6.02. The molecule has 1 aliphatic rings. The summed E-state index contributed by atoms with van der Waals surface area (Å²) in [5, 5.41) is 11.6. The number of anilines is 3. The maximum atomic E-state index is 12.3. The summed E-state index contributed by atoms with van der Waals surface area (Å²) in [6, 6.07) is 11.6. The number of rotatable bonds is 6. The number of nitrogens with one attached hydrogen (secondary N) is 1. The van der Waals surface area contributed by atoms with Crippen molar-refractivity contribution in [2.45, 2.75) is 13.8 Å². The minimum atomic E-state index is -0.0947. The molecule has 1 aromatic carbocycles. The third-order valence-corrected chi connectivity index (χ3v) is 4.45. The van der Waals surface area contributed by atoms with Crippen LogP contribution in [-0.2, 0) is 4.74 Å². The molecule has 1 N–H and O–H groups in total. The summed E-state index contributed by atoms with van der Waals surface area (Å²) in [4.78, 5) is 16.3. The van der Waals surface area contributed by atoms with Crippen LogP contribution in [0.15, 0.2) is 36.4 Å². The highest BCUT2D eigenvalue weighted by atomic mass is 16.5. The third-order valence-electron chi connectivity index (χ3n) is 4.45. The molecule has 0 aliphatic carbocycles. The number of carbonyl (C=O) groups excluding carboxylic acids is 1. The van der Waals surface area contributed by atoms with Gasteiger partial charge in [0, 0.05) is 26.2 Å². The van der Waals surface area contributed by atoms with Crippen molar-refractivity contribution in [3.05, 3.63) is 42.1 Å². The number of amides is 1. The molecule has 0 saturated carbocycles. The minimum absolute atomic E-state index is 0.0947. The van der Waals surface area contributed by atoms with E-state index < -0.39 is 0 Å². The van der Waals surface area contributed by atoms with Gasteiger partial charge in [-0.05, 0) is 38.1 Å². The van der Waals surface area contributed by atoms with Crippen LogP contribution >= 0.6 is 0 Å². The fraction of sp³-hybridized carbons (Fsp3) is 0.421. The van der Waals surface area contributed by atoms with E-state index in [1.807, 2.05) is 32.0 Å². The van der Waals surface area contributed by atoms with E-state index in [4.69, 9.17) is 4.74 Å². The predicted octanol–water partition coefficient (Wildman–Crippen LogP) is 2.54. The van der Waals surface area contributed by atoms with Gasteiger partial charge in [0.15, 0.2) is 11.5 Å². The molecule has 3 rings (SSSR count). The van der Waals surface area contributed by atoms with Gasteiger partial charge in [0.25, 0.3) is 5.91 Å². The van der Waals surface area contributed by atoms with Crippen LogP contribution in [0, 0.1) is 0 Å². The summed E-state index contributed by atoms with van der Waals surface area (Å²) in [5.41, 5.74) is 2.44. The number of hydrogen-bond acceptors (Lipinski definition) is 6. The molecule has 0 unspecified atom stereocenters. The van der Waals surface area contributed by atoms with Crippen LogP contribution in [0.25, 0.3) is 0 Å². The van der Waals surface area contributed by atoms with Crippen LogP contribution in [-0.4, -0.2) is 60.4 Å². The number of morpholine rings is 1. The molecule has 138 valence electrons. The van der Waals surface area contributed by atoms with Crippen molar-refractivity contribution < 1.29 is 9.53 Å². The molecule has 1 saturated heterocycles. The third kappa shape index (κ3) is 4.11. The van der Waals surface area contributed by atoms with Gasteiger partial charge >= 0.3 is 0 Å². The Balaban J connectivity index is 1.74. The highest BCUT2D eigenvalue weighted by Gasteiger charge is 2.16. The Morgan fingerprint density at radius 1 is 1.12 bits per heavy atom. The van der Waals surface area contributed by atoms with E-state index in [0.717, 1.165) is 37.7 Å². The fourth-order valence-electron chi connectivity index (χ4n) is 2.98. The van der Waals surface area contributed by atoms with Gasteiger partial charge in [0.05, 0.1) is 24.6 Å². The molecular weight excluding hydrogens is 330 g/mol. The smallest absolute Gasteiger partial charge is 0.274 e. The monoisotopic (exact) mass is 355 g/mol. The number of aromatic nitrogens is 2. The van der Waals surface area contributed by atoms with Crippen molar-refractivity contribution in [2.75, 3.05) is 49.6 Å². The number of carbonyl (C=O) groups is 1. The molecule has 1 amide bonds. The Kier molecular flexibility index (Phi) is 6.01. The van der Waals surface area contributed by atoms with Crippen molar-refractivity contribution in [1.29, 1.82) is 0 Å². The zero-order chi connectivity index (χ0) is 18.4. The van der Waals surface area contributed by atoms with Crippen molar-refractivity contribution in [3.8, 4) is 0 Å². The van der Waals surface area contributed by atoms with Gasteiger partial charge in [-0.3, -0.25) is 4.79 Å². The highest BCUT2D eigenvalue weighted by molar-refractivity contribution is 5.92. The van der Waals surface area contributed by atoms with Crippen LogP contribution in [0.3, 0.4) is 0 Å². The molecule has 0 atom stereocenters. The van der Waals surface area contributed by atoms with Gasteiger partial charge in [-0.25, -0.2) is 0 Å². The lowest BCUT2D eigenvalue weighted by molar-refractivity contribution is 0.0766. The first-order valence-electron chi connectivity index (χ1n) is 9.04. The molecular formula is C19H25N5O2. The SMILES string of the molecule is CCN(CC)C(=O)c1ccc(Nc2ccccc2N2CCOCC2)nn1. The Labute approximate surface area is 154 Å². The summed E-state index contributed by atoms with van der Waals surface area (Å²) >= 11 is 0. The average molecular weight is 355 g/mol. The quantitative estimate of drug-likeness (QED) is 0.859. The number of hydrogen-bond donors (Lipinski definition) is 1. The normalized spacial score (nSPS) is 14.2. The maximum Gasteiger partial charge on any atom is 0.274 e. The van der Waals surface area contributed by atoms with Crippen LogP contribution < -0.4 is 10.2 Å². The minimum Gasteiger partial charge on any atom is -0.378 e. The standard InChI is InChI=1S/C19H25N5O2/c1-3-23(4-2)19(25)16-9-10-18(22-21-16)20-15-7-5-6-8-17(15)24-11-13-26-14-12-24/h5-10H,3-4,11-14H2,1-2H3,(H,20,22). The lowest BCUT2D eigenvalue weighted by atomic mass is 10.2. The van der Waals surface area contributed by atoms with Crippen molar-refractivity contribution >= 4 is 23.1 Å². The Hall–Kier alpha value is -2.67. The lowest BCUT2D eigenvalue weighted by Crippen LogP contribution is -2.36. The van der Waals surface area contributed by atoms with Gasteiger partial charge in [-0.15, -0.1) is 10.2 Å². The average Bonchev–Trinajstić information content (AvgIpc) is 2.70. The maximum absolute atomic E-state index is 12.3. The van der Waals surface area contributed by atoms with E-state index >= 15 is 0 Å². The summed E-state index contributed by atoms with van der Waals surface area (Å²) in [6.07, 6.45) is 0. The van der Waals surface area contributed by atoms with Gasteiger partial charge < -0.3 is 19.9 Å². The molecule has 2 heterocycles. The molecule has 0 bridgehead atoms. The van der Waals surface area contributed by atoms with E-state index in [1.165, 1.54) is 0 Å². The number of benzene rings is 1. The Morgan fingerprint density at radius 2 is 1.85 bits per heavy atom. The predicted molar refractivity (Wildman–Crippen MR) is 102 cm³/mol. The molecule has 1 aromatic heterocycles. The zero-order valence-electron chi connectivity index (χ0n) is 15.3. The van der Waals surface area contributed by atoms with Crippen molar-refractivity contribution in [2.24, 2.45) is 0 Å².